The molecule has 1 aliphatic rings. The molecule has 0 saturated heterocycles. The highest BCUT2D eigenvalue weighted by atomic mass is 19.1. The van der Waals surface area contributed by atoms with Gasteiger partial charge in [0.1, 0.15) is 23.8 Å². The lowest BCUT2D eigenvalue weighted by molar-refractivity contribution is 0.0325. The van der Waals surface area contributed by atoms with E-state index in [1.165, 1.54) is 18.5 Å². The van der Waals surface area contributed by atoms with Crippen molar-refractivity contribution in [3.63, 3.8) is 0 Å². The molecule has 0 spiro atoms. The van der Waals surface area contributed by atoms with Crippen molar-refractivity contribution in [1.29, 1.82) is 0 Å². The Hall–Kier alpha value is -3.43. The number of amides is 1. The number of rotatable bonds is 7. The molecule has 0 bridgehead atoms. The maximum absolute atomic E-state index is 13.5. The number of aromatic nitrogens is 3. The molecular formula is C26H30FN5O3. The Balaban J connectivity index is 1.63. The van der Waals surface area contributed by atoms with E-state index in [0.717, 1.165) is 11.1 Å². The molecule has 8 nitrogen and oxygen atoms in total. The van der Waals surface area contributed by atoms with Gasteiger partial charge < -0.3 is 14.7 Å². The number of ether oxygens (including phenoxy) is 1. The average Bonchev–Trinajstić information content (AvgIpc) is 2.87. The Kier molecular flexibility index (Phi) is 7.67. The number of hydrogen-bond donors (Lipinski definition) is 1. The van der Waals surface area contributed by atoms with E-state index >= 15 is 0 Å². The Morgan fingerprint density at radius 3 is 2.60 bits per heavy atom. The second-order valence-corrected chi connectivity index (χ2v) is 9.15. The van der Waals surface area contributed by atoms with Crippen LogP contribution in [-0.4, -0.2) is 74.7 Å². The van der Waals surface area contributed by atoms with Gasteiger partial charge in [-0.25, -0.2) is 19.3 Å². The highest BCUT2D eigenvalue weighted by Crippen LogP contribution is 2.30. The molecular weight excluding hydrogens is 449 g/mol. The van der Waals surface area contributed by atoms with Crippen LogP contribution in [0.25, 0.3) is 11.1 Å². The van der Waals surface area contributed by atoms with E-state index in [-0.39, 0.29) is 42.3 Å². The predicted octanol–water partition coefficient (Wildman–Crippen LogP) is 3.03. The zero-order valence-electron chi connectivity index (χ0n) is 20.1. The second kappa shape index (κ2) is 10.9. The first kappa shape index (κ1) is 24.7. The van der Waals surface area contributed by atoms with E-state index in [2.05, 4.69) is 19.9 Å². The van der Waals surface area contributed by atoms with Gasteiger partial charge in [0.05, 0.1) is 12.6 Å². The highest BCUT2D eigenvalue weighted by Gasteiger charge is 2.34. The summed E-state index contributed by atoms with van der Waals surface area (Å²) in [6, 6.07) is 7.82. The quantitative estimate of drug-likeness (QED) is 0.557. The van der Waals surface area contributed by atoms with E-state index in [4.69, 9.17) is 4.74 Å². The van der Waals surface area contributed by atoms with Crippen molar-refractivity contribution >= 4 is 5.91 Å². The topological polar surface area (TPSA) is 91.7 Å². The first-order valence-corrected chi connectivity index (χ1v) is 11.6. The van der Waals surface area contributed by atoms with Crippen LogP contribution in [-0.2, 0) is 6.54 Å². The maximum atomic E-state index is 13.5. The number of halogens is 1. The molecule has 2 aromatic heterocycles. The normalized spacial score (nSPS) is 19.0. The number of nitrogens with zero attached hydrogens (tertiary/aromatic N) is 5. The molecule has 184 valence electrons. The van der Waals surface area contributed by atoms with Gasteiger partial charge in [0.25, 0.3) is 5.91 Å². The number of carbonyl (C=O) groups excluding carboxylic acids is 1. The third-order valence-corrected chi connectivity index (χ3v) is 6.27. The van der Waals surface area contributed by atoms with E-state index in [1.807, 2.05) is 20.9 Å². The molecule has 1 aliphatic heterocycles. The summed E-state index contributed by atoms with van der Waals surface area (Å²) in [6.45, 7) is 5.32. The summed E-state index contributed by atoms with van der Waals surface area (Å²) in [5, 5.41) is 9.84. The van der Waals surface area contributed by atoms with Crippen LogP contribution in [0.15, 0.2) is 55.2 Å². The van der Waals surface area contributed by atoms with Gasteiger partial charge in [0.15, 0.2) is 0 Å². The lowest BCUT2D eigenvalue weighted by Crippen LogP contribution is -2.49. The summed E-state index contributed by atoms with van der Waals surface area (Å²) >= 11 is 0. The summed E-state index contributed by atoms with van der Waals surface area (Å²) in [5.41, 5.74) is 2.77. The van der Waals surface area contributed by atoms with E-state index in [9.17, 15) is 14.3 Å². The zero-order valence-corrected chi connectivity index (χ0v) is 20.1. The molecule has 0 unspecified atom stereocenters. The molecule has 0 fully saturated rings. The minimum absolute atomic E-state index is 0.0271. The van der Waals surface area contributed by atoms with Crippen LogP contribution < -0.4 is 4.74 Å². The molecule has 3 aromatic rings. The Morgan fingerprint density at radius 1 is 1.20 bits per heavy atom. The van der Waals surface area contributed by atoms with Crippen molar-refractivity contribution in [2.24, 2.45) is 5.92 Å². The Bertz CT molecular complexity index is 1150. The van der Waals surface area contributed by atoms with Crippen LogP contribution in [0.2, 0.25) is 0 Å². The molecule has 0 aliphatic carbocycles. The molecule has 1 N–H and O–H groups in total. The summed E-state index contributed by atoms with van der Waals surface area (Å²) in [7, 11) is 1.98. The number of likely N-dealkylation sites (N-methyl/N-ethyl adjacent to an activating group) is 1. The number of fused-ring (bicyclic) bond motifs is 1. The van der Waals surface area contributed by atoms with Crippen LogP contribution in [0.1, 0.15) is 29.8 Å². The van der Waals surface area contributed by atoms with Gasteiger partial charge in [-0.05, 0) is 37.7 Å². The van der Waals surface area contributed by atoms with Crippen LogP contribution >= 0.6 is 0 Å². The Labute approximate surface area is 204 Å². The number of aliphatic hydroxyl groups is 1. The smallest absolute Gasteiger partial charge is 0.259 e. The van der Waals surface area contributed by atoms with Crippen molar-refractivity contribution in [3.05, 3.63) is 72.2 Å². The number of benzene rings is 1. The Morgan fingerprint density at radius 2 is 1.91 bits per heavy atom. The lowest BCUT2D eigenvalue weighted by Gasteiger charge is -2.37. The van der Waals surface area contributed by atoms with Gasteiger partial charge in [-0.2, -0.15) is 0 Å². The molecule has 3 heterocycles. The summed E-state index contributed by atoms with van der Waals surface area (Å²) in [4.78, 5) is 29.9. The second-order valence-electron chi connectivity index (χ2n) is 9.15. The summed E-state index contributed by atoms with van der Waals surface area (Å²) < 4.78 is 19.6. The third-order valence-electron chi connectivity index (χ3n) is 6.27. The highest BCUT2D eigenvalue weighted by molar-refractivity contribution is 5.98. The number of aliphatic hydroxyl groups excluding tert-OH is 1. The largest absolute Gasteiger partial charge is 0.472 e. The van der Waals surface area contributed by atoms with Crippen molar-refractivity contribution in [2.75, 3.05) is 26.7 Å². The van der Waals surface area contributed by atoms with E-state index < -0.39 is 0 Å². The van der Waals surface area contributed by atoms with Gasteiger partial charge in [0, 0.05) is 55.3 Å². The summed E-state index contributed by atoms with van der Waals surface area (Å²) in [5.74, 6) is -0.267. The van der Waals surface area contributed by atoms with Crippen molar-refractivity contribution in [2.45, 2.75) is 32.5 Å². The number of pyridine rings is 1. The van der Waals surface area contributed by atoms with Gasteiger partial charge >= 0.3 is 0 Å². The van der Waals surface area contributed by atoms with Gasteiger partial charge in [-0.15, -0.1) is 0 Å². The number of carbonyl (C=O) groups is 1. The van der Waals surface area contributed by atoms with Gasteiger partial charge in [-0.1, -0.05) is 19.1 Å². The van der Waals surface area contributed by atoms with Crippen molar-refractivity contribution in [3.8, 4) is 17.0 Å². The SMILES string of the molecule is C[C@@H]1CN([C@@H](C)CO)C(=O)c2cc(-c3cncnc3)cnc2O[C@H]1CN(C)Cc1ccc(F)cc1. The molecule has 35 heavy (non-hydrogen) atoms. The molecule has 0 radical (unpaired) electrons. The molecule has 0 saturated carbocycles. The average molecular weight is 480 g/mol. The fraction of sp³-hybridized carbons (Fsp3) is 0.385. The first-order valence-electron chi connectivity index (χ1n) is 11.6. The van der Waals surface area contributed by atoms with Crippen LogP contribution in [0.5, 0.6) is 5.88 Å². The number of hydrogen-bond acceptors (Lipinski definition) is 7. The molecule has 1 amide bonds. The van der Waals surface area contributed by atoms with E-state index in [1.54, 1.807) is 41.7 Å². The van der Waals surface area contributed by atoms with Crippen LogP contribution in [0.3, 0.4) is 0 Å². The monoisotopic (exact) mass is 479 g/mol. The van der Waals surface area contributed by atoms with Crippen molar-refractivity contribution in [1.82, 2.24) is 24.8 Å². The fourth-order valence-electron chi connectivity index (χ4n) is 4.20. The molecule has 1 aromatic carbocycles. The molecule has 9 heteroatoms. The van der Waals surface area contributed by atoms with Gasteiger partial charge in [-0.3, -0.25) is 9.69 Å². The first-order chi connectivity index (χ1) is 16.9. The fourth-order valence-corrected chi connectivity index (χ4v) is 4.20. The lowest BCUT2D eigenvalue weighted by atomic mass is 9.99. The minimum atomic E-state index is -0.364. The standard InChI is InChI=1S/C26H30FN5O3/c1-17-12-32(18(2)15-33)26(34)23-8-20(21-9-28-16-29-10-21)11-30-25(23)35-24(17)14-31(3)13-19-4-6-22(27)7-5-19/h4-11,16-18,24,33H,12-15H2,1-3H3/t17-,18+,24+/m1/s1. The predicted molar refractivity (Wildman–Crippen MR) is 129 cm³/mol. The summed E-state index contributed by atoms with van der Waals surface area (Å²) in [6.07, 6.45) is 6.15. The molecule has 3 atom stereocenters. The minimum Gasteiger partial charge on any atom is -0.472 e. The third kappa shape index (κ3) is 5.80. The van der Waals surface area contributed by atoms with Crippen molar-refractivity contribution < 1.29 is 19.0 Å². The van der Waals surface area contributed by atoms with Crippen LogP contribution in [0, 0.1) is 11.7 Å². The van der Waals surface area contributed by atoms with Gasteiger partial charge in [0.2, 0.25) is 5.88 Å². The van der Waals surface area contributed by atoms with E-state index in [0.29, 0.717) is 30.8 Å². The van der Waals surface area contributed by atoms with Crippen LogP contribution in [0.4, 0.5) is 4.39 Å². The zero-order chi connectivity index (χ0) is 24.9. The molecule has 4 rings (SSSR count). The maximum Gasteiger partial charge on any atom is 0.259 e.